The minimum Gasteiger partial charge on any atom is -0.438 e. The molecule has 1 aliphatic rings. The van der Waals surface area contributed by atoms with E-state index in [-0.39, 0.29) is 12.5 Å². The molecule has 0 spiro atoms. The van der Waals surface area contributed by atoms with Crippen LogP contribution in [0.4, 0.5) is 20.6 Å². The molecule has 2 atom stereocenters. The first-order chi connectivity index (χ1) is 18.5. The number of ether oxygens (including phenoxy) is 1. The molecule has 0 radical (unpaired) electrons. The average molecular weight is 510 g/mol. The molecule has 1 saturated heterocycles. The highest BCUT2D eigenvalue weighted by molar-refractivity contribution is 6.04. The van der Waals surface area contributed by atoms with Gasteiger partial charge < -0.3 is 15.4 Å². The zero-order valence-corrected chi connectivity index (χ0v) is 20.2. The Morgan fingerprint density at radius 1 is 0.789 bits per heavy atom. The van der Waals surface area contributed by atoms with Gasteiger partial charge in [-0.2, -0.15) is 0 Å². The predicted octanol–water partition coefficient (Wildman–Crippen LogP) is 5.78. The van der Waals surface area contributed by atoms with Crippen LogP contribution in [0.1, 0.15) is 27.6 Å². The van der Waals surface area contributed by atoms with Crippen LogP contribution in [-0.2, 0) is 16.1 Å². The van der Waals surface area contributed by atoms with Crippen LogP contribution in [0.2, 0.25) is 0 Å². The number of amides is 3. The second kappa shape index (κ2) is 11.0. The fraction of sp³-hybridized carbons (Fsp3) is 0.100. The summed E-state index contributed by atoms with van der Waals surface area (Å²) < 4.78 is 19.2. The minimum absolute atomic E-state index is 0.0485. The molecular weight excluding hydrogens is 485 g/mol. The molecule has 190 valence electrons. The number of hydrogen-bond acceptors (Lipinski definition) is 4. The third-order valence-electron chi connectivity index (χ3n) is 6.17. The van der Waals surface area contributed by atoms with Crippen LogP contribution < -0.4 is 10.6 Å². The number of benzene rings is 4. The van der Waals surface area contributed by atoms with Crippen molar-refractivity contribution in [3.63, 3.8) is 0 Å². The number of nitrogens with zero attached hydrogens (tertiary/aromatic N) is 1. The molecule has 2 unspecified atom stereocenters. The lowest BCUT2D eigenvalue weighted by Gasteiger charge is -2.24. The minimum atomic E-state index is -1.02. The molecule has 4 aromatic carbocycles. The van der Waals surface area contributed by atoms with Crippen molar-refractivity contribution >= 4 is 29.3 Å². The molecule has 38 heavy (non-hydrogen) atoms. The lowest BCUT2D eigenvalue weighted by Crippen LogP contribution is -2.43. The highest BCUT2D eigenvalue weighted by atomic mass is 19.1. The maximum atomic E-state index is 13.5. The first-order valence-corrected chi connectivity index (χ1v) is 12.0. The molecule has 1 heterocycles. The number of halogens is 1. The van der Waals surface area contributed by atoms with Crippen LogP contribution in [0, 0.1) is 5.82 Å². The molecule has 4 aromatic rings. The van der Waals surface area contributed by atoms with Gasteiger partial charge in [0, 0.05) is 16.9 Å². The first-order valence-electron chi connectivity index (χ1n) is 12.0. The Morgan fingerprint density at radius 2 is 1.45 bits per heavy atom. The van der Waals surface area contributed by atoms with E-state index >= 15 is 0 Å². The van der Waals surface area contributed by atoms with Gasteiger partial charge in [0.05, 0.1) is 6.54 Å². The van der Waals surface area contributed by atoms with E-state index < -0.39 is 30.0 Å². The van der Waals surface area contributed by atoms with Crippen LogP contribution in [0.5, 0.6) is 0 Å². The molecule has 0 bridgehead atoms. The topological polar surface area (TPSA) is 87.7 Å². The van der Waals surface area contributed by atoms with Crippen molar-refractivity contribution in [1.29, 1.82) is 0 Å². The van der Waals surface area contributed by atoms with Crippen LogP contribution in [0.3, 0.4) is 0 Å². The van der Waals surface area contributed by atoms with Gasteiger partial charge in [-0.05, 0) is 59.7 Å². The third kappa shape index (κ3) is 5.54. The van der Waals surface area contributed by atoms with Gasteiger partial charge in [0.25, 0.3) is 11.8 Å². The summed E-state index contributed by atoms with van der Waals surface area (Å²) in [6, 6.07) is 29.2. The largest absolute Gasteiger partial charge is 0.438 e. The van der Waals surface area contributed by atoms with Gasteiger partial charge >= 0.3 is 6.09 Å². The van der Waals surface area contributed by atoms with E-state index in [9.17, 15) is 18.8 Å². The van der Waals surface area contributed by atoms with Gasteiger partial charge in [0.15, 0.2) is 12.1 Å². The second-order valence-electron chi connectivity index (χ2n) is 8.80. The molecule has 1 aliphatic heterocycles. The molecular formula is C30H24FN3O4. The molecule has 0 saturated carbocycles. The van der Waals surface area contributed by atoms with Gasteiger partial charge in [-0.3, -0.25) is 14.5 Å². The quantitative estimate of drug-likeness (QED) is 0.331. The van der Waals surface area contributed by atoms with Gasteiger partial charge in [-0.15, -0.1) is 0 Å². The normalized spacial score (nSPS) is 16.6. The van der Waals surface area contributed by atoms with Gasteiger partial charge in [-0.1, -0.05) is 60.7 Å². The Hall–Kier alpha value is -4.98. The molecule has 2 N–H and O–H groups in total. The predicted molar refractivity (Wildman–Crippen MR) is 141 cm³/mol. The van der Waals surface area contributed by atoms with E-state index in [4.69, 9.17) is 4.74 Å². The SMILES string of the molecule is O=C(Nc1cccc(C2OC(=O)N(Cc3ccc(F)cc3)C2C(=O)Nc2ccccc2)c1)c1ccccc1. The lowest BCUT2D eigenvalue weighted by molar-refractivity contribution is -0.121. The summed E-state index contributed by atoms with van der Waals surface area (Å²) in [5, 5.41) is 5.70. The summed E-state index contributed by atoms with van der Waals surface area (Å²) >= 11 is 0. The molecule has 8 heteroatoms. The molecule has 0 aliphatic carbocycles. The maximum Gasteiger partial charge on any atom is 0.411 e. The van der Waals surface area contributed by atoms with E-state index in [2.05, 4.69) is 10.6 Å². The Bertz CT molecular complexity index is 1450. The van der Waals surface area contributed by atoms with Gasteiger partial charge in [-0.25, -0.2) is 9.18 Å². The Morgan fingerprint density at radius 3 is 2.16 bits per heavy atom. The highest BCUT2D eigenvalue weighted by Gasteiger charge is 2.47. The molecule has 5 rings (SSSR count). The zero-order valence-electron chi connectivity index (χ0n) is 20.2. The van der Waals surface area contributed by atoms with Crippen molar-refractivity contribution < 1.29 is 23.5 Å². The molecule has 1 fully saturated rings. The van der Waals surface area contributed by atoms with Gasteiger partial charge in [0.2, 0.25) is 0 Å². The van der Waals surface area contributed by atoms with Gasteiger partial charge in [0.1, 0.15) is 5.82 Å². The van der Waals surface area contributed by atoms with Crippen molar-refractivity contribution in [2.75, 3.05) is 10.6 Å². The van der Waals surface area contributed by atoms with E-state index in [0.717, 1.165) is 0 Å². The van der Waals surface area contributed by atoms with Crippen LogP contribution in [-0.4, -0.2) is 28.8 Å². The number of anilines is 2. The smallest absolute Gasteiger partial charge is 0.411 e. The number of hydrogen-bond donors (Lipinski definition) is 2. The first kappa shape index (κ1) is 24.7. The fourth-order valence-electron chi connectivity index (χ4n) is 4.32. The second-order valence-corrected chi connectivity index (χ2v) is 8.80. The summed E-state index contributed by atoms with van der Waals surface area (Å²) in [7, 11) is 0. The number of para-hydroxylation sites is 1. The summed E-state index contributed by atoms with van der Waals surface area (Å²) in [6.07, 6.45) is -1.62. The highest BCUT2D eigenvalue weighted by Crippen LogP contribution is 2.35. The standard InChI is InChI=1S/C30H24FN3O4/c31-23-16-14-20(15-17-23)19-34-26(29(36)32-24-11-5-2-6-12-24)27(38-30(34)37)22-10-7-13-25(18-22)33-28(35)21-8-3-1-4-9-21/h1-18,26-27H,19H2,(H,32,36)(H,33,35). The molecule has 0 aromatic heterocycles. The number of nitrogens with one attached hydrogen (secondary N) is 2. The number of rotatable bonds is 7. The van der Waals surface area contributed by atoms with Crippen LogP contribution in [0.25, 0.3) is 0 Å². The average Bonchev–Trinajstić information content (AvgIpc) is 3.27. The van der Waals surface area contributed by atoms with Crippen molar-refractivity contribution in [3.8, 4) is 0 Å². The molecule has 3 amide bonds. The van der Waals surface area contributed by atoms with Crippen molar-refractivity contribution in [3.05, 3.63) is 132 Å². The lowest BCUT2D eigenvalue weighted by atomic mass is 10.00. The van der Waals surface area contributed by atoms with E-state index in [1.165, 1.54) is 17.0 Å². The monoisotopic (exact) mass is 509 g/mol. The number of cyclic esters (lactones) is 1. The molecule has 7 nitrogen and oxygen atoms in total. The summed E-state index contributed by atoms with van der Waals surface area (Å²) in [4.78, 5) is 40.5. The van der Waals surface area contributed by atoms with E-state index in [1.54, 1.807) is 84.9 Å². The summed E-state index contributed by atoms with van der Waals surface area (Å²) in [6.45, 7) is 0.0485. The van der Waals surface area contributed by atoms with Crippen molar-refractivity contribution in [2.45, 2.75) is 18.7 Å². The van der Waals surface area contributed by atoms with E-state index in [0.29, 0.717) is 28.1 Å². The third-order valence-corrected chi connectivity index (χ3v) is 6.17. The van der Waals surface area contributed by atoms with Crippen molar-refractivity contribution in [2.24, 2.45) is 0 Å². The van der Waals surface area contributed by atoms with Crippen LogP contribution in [0.15, 0.2) is 109 Å². The number of carbonyl (C=O) groups excluding carboxylic acids is 3. The van der Waals surface area contributed by atoms with Crippen molar-refractivity contribution in [1.82, 2.24) is 4.90 Å². The Labute approximate surface area is 218 Å². The maximum absolute atomic E-state index is 13.5. The van der Waals surface area contributed by atoms with E-state index in [1.807, 2.05) is 12.1 Å². The Balaban J connectivity index is 1.44. The van der Waals surface area contributed by atoms with Crippen LogP contribution >= 0.6 is 0 Å². The Kier molecular flexibility index (Phi) is 7.13. The zero-order chi connectivity index (χ0) is 26.5. The summed E-state index contributed by atoms with van der Waals surface area (Å²) in [5.74, 6) is -1.13. The number of carbonyl (C=O) groups is 3. The fourth-order valence-corrected chi connectivity index (χ4v) is 4.32. The summed E-state index contributed by atoms with van der Waals surface area (Å²) in [5.41, 5.74) is 2.74.